The Morgan fingerprint density at radius 2 is 1.87 bits per heavy atom. The van der Waals surface area contributed by atoms with Gasteiger partial charge in [-0.05, 0) is 69.3 Å². The van der Waals surface area contributed by atoms with Crippen LogP contribution in [0.2, 0.25) is 0 Å². The number of nitrogens with zero attached hydrogens (tertiary/aromatic N) is 5. The summed E-state index contributed by atoms with van der Waals surface area (Å²) >= 11 is 0. The molecule has 0 radical (unpaired) electrons. The number of imidazole rings is 1. The standard InChI is InChI=1S/C25H25N5O/c1-16-19(15-26)24-27-20-7-4-5-8-21(20)30(24)25(29-14-6-9-22(29)28(2)3)23(16)17-10-12-18(31)13-11-17/h4-5,7-8,10-13,22,31H,6,9,14H2,1-3H3. The lowest BCUT2D eigenvalue weighted by atomic mass is 9.97. The molecule has 31 heavy (non-hydrogen) atoms. The highest BCUT2D eigenvalue weighted by molar-refractivity contribution is 5.92. The van der Waals surface area contributed by atoms with Crippen LogP contribution in [0.5, 0.6) is 5.75 Å². The monoisotopic (exact) mass is 411 g/mol. The van der Waals surface area contributed by atoms with Crippen molar-refractivity contribution in [2.45, 2.75) is 25.9 Å². The predicted octanol–water partition coefficient (Wildman–Crippen LogP) is 4.53. The molecule has 0 spiro atoms. The average Bonchev–Trinajstić information content (AvgIpc) is 3.39. The first kappa shape index (κ1) is 19.4. The SMILES string of the molecule is Cc1c(-c2ccc(O)cc2)c(N2CCCC2N(C)C)n2c(nc3ccccc32)c1C#N. The van der Waals surface area contributed by atoms with Gasteiger partial charge in [-0.15, -0.1) is 0 Å². The van der Waals surface area contributed by atoms with E-state index in [4.69, 9.17) is 4.98 Å². The molecule has 2 aromatic carbocycles. The number of benzene rings is 2. The number of fused-ring (bicyclic) bond motifs is 3. The summed E-state index contributed by atoms with van der Waals surface area (Å²) in [7, 11) is 4.23. The second-order valence-corrected chi connectivity index (χ2v) is 8.40. The van der Waals surface area contributed by atoms with Gasteiger partial charge in [-0.1, -0.05) is 24.3 Å². The summed E-state index contributed by atoms with van der Waals surface area (Å²) in [6.07, 6.45) is 2.44. The molecule has 5 rings (SSSR count). The summed E-state index contributed by atoms with van der Waals surface area (Å²) in [6, 6.07) is 17.7. The van der Waals surface area contributed by atoms with Gasteiger partial charge in [0.1, 0.15) is 17.6 Å². The van der Waals surface area contributed by atoms with Crippen LogP contribution >= 0.6 is 0 Å². The summed E-state index contributed by atoms with van der Waals surface area (Å²) in [5, 5.41) is 20.0. The first-order valence-electron chi connectivity index (χ1n) is 10.6. The summed E-state index contributed by atoms with van der Waals surface area (Å²) < 4.78 is 2.16. The molecule has 0 aliphatic carbocycles. The Morgan fingerprint density at radius 3 is 2.58 bits per heavy atom. The molecule has 0 saturated carbocycles. The van der Waals surface area contributed by atoms with Crippen LogP contribution in [0.15, 0.2) is 48.5 Å². The largest absolute Gasteiger partial charge is 0.508 e. The number of aromatic nitrogens is 2. The van der Waals surface area contributed by atoms with E-state index < -0.39 is 0 Å². The Bertz CT molecular complexity index is 1330. The van der Waals surface area contributed by atoms with Crippen molar-refractivity contribution in [2.24, 2.45) is 0 Å². The Balaban J connectivity index is 1.96. The zero-order valence-electron chi connectivity index (χ0n) is 18.0. The minimum Gasteiger partial charge on any atom is -0.508 e. The van der Waals surface area contributed by atoms with Crippen molar-refractivity contribution < 1.29 is 5.11 Å². The van der Waals surface area contributed by atoms with Crippen molar-refractivity contribution in [2.75, 3.05) is 25.5 Å². The fourth-order valence-electron chi connectivity index (χ4n) is 4.89. The first-order valence-corrected chi connectivity index (χ1v) is 10.6. The van der Waals surface area contributed by atoms with E-state index in [1.165, 1.54) is 0 Å². The van der Waals surface area contributed by atoms with Crippen LogP contribution in [-0.4, -0.2) is 46.2 Å². The highest BCUT2D eigenvalue weighted by Gasteiger charge is 2.32. The molecule has 1 aliphatic rings. The van der Waals surface area contributed by atoms with E-state index in [0.717, 1.165) is 52.9 Å². The molecular weight excluding hydrogens is 386 g/mol. The third-order valence-electron chi connectivity index (χ3n) is 6.33. The normalized spacial score (nSPS) is 16.5. The molecule has 3 heterocycles. The number of para-hydroxylation sites is 2. The molecule has 1 fully saturated rings. The molecule has 4 aromatic rings. The van der Waals surface area contributed by atoms with Crippen molar-refractivity contribution >= 4 is 22.5 Å². The van der Waals surface area contributed by atoms with Gasteiger partial charge in [0.25, 0.3) is 0 Å². The van der Waals surface area contributed by atoms with Gasteiger partial charge in [0.15, 0.2) is 5.65 Å². The quantitative estimate of drug-likeness (QED) is 0.537. The third-order valence-corrected chi connectivity index (χ3v) is 6.33. The number of nitriles is 1. The number of anilines is 1. The van der Waals surface area contributed by atoms with Crippen LogP contribution in [0.1, 0.15) is 24.0 Å². The van der Waals surface area contributed by atoms with Crippen molar-refractivity contribution in [1.82, 2.24) is 14.3 Å². The zero-order chi connectivity index (χ0) is 21.7. The maximum absolute atomic E-state index is 10.1. The summed E-state index contributed by atoms with van der Waals surface area (Å²) in [5.74, 6) is 1.28. The Kier molecular flexibility index (Phi) is 4.57. The number of hydrogen-bond donors (Lipinski definition) is 1. The Morgan fingerprint density at radius 1 is 1.13 bits per heavy atom. The Hall–Kier alpha value is -3.56. The zero-order valence-corrected chi connectivity index (χ0v) is 18.0. The molecule has 1 atom stereocenters. The maximum atomic E-state index is 10.1. The number of rotatable bonds is 3. The fraction of sp³-hybridized carbons (Fsp3) is 0.280. The molecule has 6 nitrogen and oxygen atoms in total. The van der Waals surface area contributed by atoms with Crippen LogP contribution < -0.4 is 4.90 Å². The molecule has 1 unspecified atom stereocenters. The minimum absolute atomic E-state index is 0.227. The summed E-state index contributed by atoms with van der Waals surface area (Å²) in [4.78, 5) is 9.56. The van der Waals surface area contributed by atoms with E-state index in [1.54, 1.807) is 12.1 Å². The van der Waals surface area contributed by atoms with Gasteiger partial charge >= 0.3 is 0 Å². The van der Waals surface area contributed by atoms with Crippen LogP contribution in [0.3, 0.4) is 0 Å². The van der Waals surface area contributed by atoms with Crippen LogP contribution in [0.25, 0.3) is 27.8 Å². The lowest BCUT2D eigenvalue weighted by molar-refractivity contribution is 0.300. The molecule has 1 N–H and O–H groups in total. The number of hydrogen-bond acceptors (Lipinski definition) is 5. The number of pyridine rings is 1. The Labute approximate surface area is 181 Å². The minimum atomic E-state index is 0.227. The molecule has 0 amide bonds. The van der Waals surface area contributed by atoms with E-state index in [-0.39, 0.29) is 11.9 Å². The second kappa shape index (κ2) is 7.29. The smallest absolute Gasteiger partial charge is 0.157 e. The van der Waals surface area contributed by atoms with Crippen molar-refractivity contribution in [3.05, 3.63) is 59.7 Å². The molecule has 6 heteroatoms. The number of aromatic hydroxyl groups is 1. The number of phenolic OH excluding ortho intramolecular Hbond substituents is 1. The molecule has 1 saturated heterocycles. The molecule has 156 valence electrons. The fourth-order valence-corrected chi connectivity index (χ4v) is 4.89. The van der Waals surface area contributed by atoms with Crippen LogP contribution in [0, 0.1) is 18.3 Å². The van der Waals surface area contributed by atoms with E-state index >= 15 is 0 Å². The summed E-state index contributed by atoms with van der Waals surface area (Å²) in [6.45, 7) is 2.94. The molecule has 0 bridgehead atoms. The van der Waals surface area contributed by atoms with Gasteiger partial charge in [0.2, 0.25) is 0 Å². The van der Waals surface area contributed by atoms with Gasteiger partial charge in [-0.3, -0.25) is 9.30 Å². The summed E-state index contributed by atoms with van der Waals surface area (Å²) in [5.41, 5.74) is 6.06. The topological polar surface area (TPSA) is 67.8 Å². The van der Waals surface area contributed by atoms with Gasteiger partial charge in [-0.25, -0.2) is 4.98 Å². The third kappa shape index (κ3) is 2.93. The second-order valence-electron chi connectivity index (χ2n) is 8.40. The van der Waals surface area contributed by atoms with E-state index in [2.05, 4.69) is 40.4 Å². The van der Waals surface area contributed by atoms with Crippen molar-refractivity contribution in [3.63, 3.8) is 0 Å². The predicted molar refractivity (Wildman–Crippen MR) is 123 cm³/mol. The van der Waals surface area contributed by atoms with Crippen LogP contribution in [-0.2, 0) is 0 Å². The molecular formula is C25H25N5O. The molecule has 1 aliphatic heterocycles. The van der Waals surface area contributed by atoms with Gasteiger partial charge in [0, 0.05) is 12.1 Å². The highest BCUT2D eigenvalue weighted by atomic mass is 16.3. The van der Waals surface area contributed by atoms with E-state index in [0.29, 0.717) is 11.2 Å². The van der Waals surface area contributed by atoms with Gasteiger partial charge < -0.3 is 10.0 Å². The van der Waals surface area contributed by atoms with Crippen molar-refractivity contribution in [1.29, 1.82) is 5.26 Å². The van der Waals surface area contributed by atoms with Crippen molar-refractivity contribution in [3.8, 4) is 22.9 Å². The maximum Gasteiger partial charge on any atom is 0.157 e. The molecule has 2 aromatic heterocycles. The van der Waals surface area contributed by atoms with Gasteiger partial charge in [0.05, 0.1) is 22.8 Å². The van der Waals surface area contributed by atoms with E-state index in [1.807, 2.05) is 37.3 Å². The lowest BCUT2D eigenvalue weighted by Gasteiger charge is -2.34. The first-order chi connectivity index (χ1) is 15.0. The van der Waals surface area contributed by atoms with Gasteiger partial charge in [-0.2, -0.15) is 5.26 Å². The van der Waals surface area contributed by atoms with Crippen LogP contribution in [0.4, 0.5) is 5.82 Å². The van der Waals surface area contributed by atoms with E-state index in [9.17, 15) is 10.4 Å². The highest BCUT2D eigenvalue weighted by Crippen LogP contribution is 2.42. The average molecular weight is 412 g/mol. The lowest BCUT2D eigenvalue weighted by Crippen LogP contribution is -2.41. The number of phenols is 1.